The highest BCUT2D eigenvalue weighted by atomic mass is 16.5. The molecule has 6 aromatic rings. The van der Waals surface area contributed by atoms with Crippen LogP contribution in [0.5, 0.6) is 5.75 Å². The second-order valence-electron chi connectivity index (χ2n) is 8.98. The van der Waals surface area contributed by atoms with Gasteiger partial charge in [0.25, 0.3) is 0 Å². The zero-order valence-electron chi connectivity index (χ0n) is 19.4. The van der Waals surface area contributed by atoms with Crippen molar-refractivity contribution in [3.63, 3.8) is 0 Å². The lowest BCUT2D eigenvalue weighted by Crippen LogP contribution is -2.34. The third-order valence-electron chi connectivity index (χ3n) is 6.65. The number of aromatic nitrogens is 6. The quantitative estimate of drug-likeness (QED) is 0.321. The average molecular weight is 478 g/mol. The summed E-state index contributed by atoms with van der Waals surface area (Å²) in [5, 5.41) is 12.9. The largest absolute Gasteiger partial charge is 0.489 e. The summed E-state index contributed by atoms with van der Waals surface area (Å²) in [5.74, 6) is 0.779. The predicted octanol–water partition coefficient (Wildman–Crippen LogP) is 4.95. The van der Waals surface area contributed by atoms with Gasteiger partial charge in [0.2, 0.25) is 0 Å². The van der Waals surface area contributed by atoms with Gasteiger partial charge in [-0.2, -0.15) is 5.10 Å². The monoisotopic (exact) mass is 477 g/mol. The summed E-state index contributed by atoms with van der Waals surface area (Å²) in [6.07, 6.45) is 12.8. The van der Waals surface area contributed by atoms with E-state index in [1.54, 1.807) is 24.9 Å². The van der Waals surface area contributed by atoms with Gasteiger partial charge in [-0.15, -0.1) is 0 Å². The second kappa shape index (κ2) is 8.62. The maximum Gasteiger partial charge on any atom is 0.155 e. The molecular formula is C27H23N7O2. The van der Waals surface area contributed by atoms with Crippen molar-refractivity contribution in [1.29, 1.82) is 0 Å². The molecule has 178 valence electrons. The van der Waals surface area contributed by atoms with Gasteiger partial charge in [-0.25, -0.2) is 4.98 Å². The van der Waals surface area contributed by atoms with Crippen molar-refractivity contribution in [1.82, 2.24) is 35.5 Å². The van der Waals surface area contributed by atoms with E-state index >= 15 is 0 Å². The van der Waals surface area contributed by atoms with Gasteiger partial charge < -0.3 is 19.5 Å². The van der Waals surface area contributed by atoms with Crippen molar-refractivity contribution < 1.29 is 9.15 Å². The Morgan fingerprint density at radius 3 is 2.69 bits per heavy atom. The average Bonchev–Trinajstić information content (AvgIpc) is 3.68. The van der Waals surface area contributed by atoms with Crippen LogP contribution in [0.4, 0.5) is 0 Å². The van der Waals surface area contributed by atoms with E-state index in [1.165, 1.54) is 0 Å². The van der Waals surface area contributed by atoms with Crippen molar-refractivity contribution in [2.24, 2.45) is 0 Å². The molecular weight excluding hydrogens is 454 g/mol. The number of piperidine rings is 1. The van der Waals surface area contributed by atoms with Crippen LogP contribution in [0.2, 0.25) is 0 Å². The molecule has 7 heterocycles. The van der Waals surface area contributed by atoms with Gasteiger partial charge in [-0.05, 0) is 56.3 Å². The van der Waals surface area contributed by atoms with Crippen LogP contribution in [-0.4, -0.2) is 49.3 Å². The van der Waals surface area contributed by atoms with Gasteiger partial charge in [0.05, 0.1) is 30.1 Å². The molecule has 0 saturated carbocycles. The fraction of sp³-hybridized carbons (Fsp3) is 0.185. The van der Waals surface area contributed by atoms with E-state index in [0.29, 0.717) is 0 Å². The normalized spacial score (nSPS) is 14.6. The van der Waals surface area contributed by atoms with E-state index in [9.17, 15) is 0 Å². The number of rotatable bonds is 5. The van der Waals surface area contributed by atoms with Crippen LogP contribution < -0.4 is 10.1 Å². The fourth-order valence-electron chi connectivity index (χ4n) is 4.82. The number of ether oxygens (including phenoxy) is 1. The first-order valence-corrected chi connectivity index (χ1v) is 12.0. The smallest absolute Gasteiger partial charge is 0.155 e. The highest BCUT2D eigenvalue weighted by molar-refractivity contribution is 5.99. The van der Waals surface area contributed by atoms with Gasteiger partial charge in [-0.3, -0.25) is 15.1 Å². The SMILES string of the molecule is c1cc2[nH]c(-c3n[nH]c4ncc(-c5cncc(OC6CCNCC6)c5)cc34)cc2c(-c2ccoc2)n1. The lowest BCUT2D eigenvalue weighted by molar-refractivity contribution is 0.162. The number of H-pyrrole nitrogens is 2. The Morgan fingerprint density at radius 1 is 0.889 bits per heavy atom. The van der Waals surface area contributed by atoms with Crippen molar-refractivity contribution >= 4 is 21.9 Å². The Labute approximate surface area is 206 Å². The molecule has 0 bridgehead atoms. The van der Waals surface area contributed by atoms with Gasteiger partial charge in [0.15, 0.2) is 5.65 Å². The van der Waals surface area contributed by atoms with Crippen molar-refractivity contribution in [3.8, 4) is 39.5 Å². The Hall–Kier alpha value is -4.50. The number of aromatic amines is 2. The molecule has 0 aromatic carbocycles. The first-order valence-electron chi connectivity index (χ1n) is 12.0. The van der Waals surface area contributed by atoms with Crippen molar-refractivity contribution in [3.05, 3.63) is 67.6 Å². The zero-order chi connectivity index (χ0) is 23.9. The molecule has 36 heavy (non-hydrogen) atoms. The predicted molar refractivity (Wildman–Crippen MR) is 136 cm³/mol. The minimum Gasteiger partial charge on any atom is -0.489 e. The summed E-state index contributed by atoms with van der Waals surface area (Å²) in [6, 6.07) is 10.1. The molecule has 0 atom stereocenters. The maximum absolute atomic E-state index is 6.20. The van der Waals surface area contributed by atoms with Crippen LogP contribution in [0.15, 0.2) is 72.1 Å². The molecule has 6 aromatic heterocycles. The molecule has 1 fully saturated rings. The lowest BCUT2D eigenvalue weighted by Gasteiger charge is -2.23. The number of pyridine rings is 3. The number of hydrogen-bond donors (Lipinski definition) is 3. The molecule has 1 saturated heterocycles. The second-order valence-corrected chi connectivity index (χ2v) is 8.98. The highest BCUT2D eigenvalue weighted by Gasteiger charge is 2.17. The Morgan fingerprint density at radius 2 is 1.81 bits per heavy atom. The molecule has 0 unspecified atom stereocenters. The summed E-state index contributed by atoms with van der Waals surface area (Å²) < 4.78 is 11.5. The van der Waals surface area contributed by atoms with Crippen LogP contribution >= 0.6 is 0 Å². The molecule has 0 aliphatic carbocycles. The Bertz CT molecular complexity index is 1660. The first kappa shape index (κ1) is 20.8. The van der Waals surface area contributed by atoms with E-state index in [-0.39, 0.29) is 6.10 Å². The Balaban J connectivity index is 1.26. The highest BCUT2D eigenvalue weighted by Crippen LogP contribution is 2.34. The van der Waals surface area contributed by atoms with Gasteiger partial charge in [0, 0.05) is 51.6 Å². The minimum absolute atomic E-state index is 0.216. The molecule has 0 radical (unpaired) electrons. The number of furan rings is 1. The summed E-state index contributed by atoms with van der Waals surface area (Å²) in [6.45, 7) is 1.96. The van der Waals surface area contributed by atoms with Crippen molar-refractivity contribution in [2.75, 3.05) is 13.1 Å². The van der Waals surface area contributed by atoms with E-state index in [4.69, 9.17) is 9.15 Å². The van der Waals surface area contributed by atoms with Crippen LogP contribution in [0.25, 0.3) is 55.7 Å². The standard InChI is InChI=1S/C27H23N7O2/c1-5-28-6-2-19(1)36-20-9-17(12-29-14-20)18-10-22-26(33-34-27(22)31-13-18)24-11-21-23(32-24)3-7-30-25(21)16-4-8-35-15-16/h3-4,7-15,19,28,32H,1-2,5-6H2,(H,31,33,34). The molecule has 9 nitrogen and oxygen atoms in total. The van der Waals surface area contributed by atoms with Crippen LogP contribution in [0.3, 0.4) is 0 Å². The van der Waals surface area contributed by atoms with E-state index < -0.39 is 0 Å². The Kier molecular flexibility index (Phi) is 4.99. The van der Waals surface area contributed by atoms with Crippen LogP contribution in [0.1, 0.15) is 12.8 Å². The molecule has 1 aliphatic rings. The number of fused-ring (bicyclic) bond motifs is 2. The van der Waals surface area contributed by atoms with E-state index in [2.05, 4.69) is 47.6 Å². The molecule has 9 heteroatoms. The summed E-state index contributed by atoms with van der Waals surface area (Å²) >= 11 is 0. The maximum atomic E-state index is 6.20. The van der Waals surface area contributed by atoms with Gasteiger partial charge in [0.1, 0.15) is 17.5 Å². The number of hydrogen-bond acceptors (Lipinski definition) is 7. The van der Waals surface area contributed by atoms with Gasteiger partial charge >= 0.3 is 0 Å². The minimum atomic E-state index is 0.216. The van der Waals surface area contributed by atoms with Crippen LogP contribution in [0, 0.1) is 0 Å². The first-order chi connectivity index (χ1) is 17.8. The van der Waals surface area contributed by atoms with E-state index in [0.717, 1.165) is 87.4 Å². The fourth-order valence-corrected chi connectivity index (χ4v) is 4.82. The molecule has 7 rings (SSSR count). The molecule has 3 N–H and O–H groups in total. The van der Waals surface area contributed by atoms with Crippen molar-refractivity contribution in [2.45, 2.75) is 18.9 Å². The number of nitrogens with one attached hydrogen (secondary N) is 3. The molecule has 0 amide bonds. The zero-order valence-corrected chi connectivity index (χ0v) is 19.4. The summed E-state index contributed by atoms with van der Waals surface area (Å²) in [5.41, 5.74) is 7.06. The third-order valence-corrected chi connectivity index (χ3v) is 6.65. The molecule has 0 spiro atoms. The lowest BCUT2D eigenvalue weighted by atomic mass is 10.1. The summed E-state index contributed by atoms with van der Waals surface area (Å²) in [7, 11) is 0. The summed E-state index contributed by atoms with van der Waals surface area (Å²) in [4.78, 5) is 17.1. The van der Waals surface area contributed by atoms with Gasteiger partial charge in [-0.1, -0.05) is 0 Å². The van der Waals surface area contributed by atoms with E-state index in [1.807, 2.05) is 30.6 Å². The molecule has 1 aliphatic heterocycles. The number of nitrogens with zero attached hydrogens (tertiary/aromatic N) is 4. The van der Waals surface area contributed by atoms with Crippen LogP contribution in [-0.2, 0) is 0 Å². The third kappa shape index (κ3) is 3.70. The topological polar surface area (TPSA) is 118 Å².